The molecule has 0 saturated heterocycles. The van der Waals surface area contributed by atoms with E-state index in [4.69, 9.17) is 15.3 Å². The molecule has 0 aromatic heterocycles. The van der Waals surface area contributed by atoms with Crippen molar-refractivity contribution in [2.45, 2.75) is 45.4 Å². The van der Waals surface area contributed by atoms with Crippen molar-refractivity contribution in [3.8, 4) is 0 Å². The Morgan fingerprint density at radius 1 is 0.733 bits per heavy atom. The van der Waals surface area contributed by atoms with Gasteiger partial charge in [0.1, 0.15) is 0 Å². The zero-order chi connectivity index (χ0) is 12.2. The summed E-state index contributed by atoms with van der Waals surface area (Å²) in [5, 5.41) is 21.0. The number of aliphatic hydroxyl groups excluding tert-OH is 3. The Kier molecular flexibility index (Phi) is 122. The predicted octanol–water partition coefficient (Wildman–Crippen LogP) is 2.00. The van der Waals surface area contributed by atoms with E-state index in [1.807, 2.05) is 0 Å². The standard InChI is InChI=1S/C8H17.3CH4O.Ti/c1-3-5-7-8-6-4-2;3*1-2;/h1,3-8H2,2H3;3*2H,1H3;/q-1;;;;. The molecular formula is C11H29O3Ti-. The van der Waals surface area contributed by atoms with Crippen LogP contribution in [-0.4, -0.2) is 36.6 Å². The van der Waals surface area contributed by atoms with E-state index in [0.717, 1.165) is 27.8 Å². The SMILES string of the molecule is CO.CO.CO.[CH2-]CCCCCCC.[Ti]. The van der Waals surface area contributed by atoms with E-state index in [-0.39, 0.29) is 21.7 Å². The maximum atomic E-state index is 7.00. The molecule has 0 spiro atoms. The Bertz CT molecular complexity index is 40.8. The van der Waals surface area contributed by atoms with E-state index < -0.39 is 0 Å². The van der Waals surface area contributed by atoms with Crippen LogP contribution in [0.4, 0.5) is 0 Å². The van der Waals surface area contributed by atoms with Crippen LogP contribution in [0.15, 0.2) is 0 Å². The van der Waals surface area contributed by atoms with Crippen molar-refractivity contribution in [3.05, 3.63) is 6.92 Å². The molecule has 96 valence electrons. The summed E-state index contributed by atoms with van der Waals surface area (Å²) in [7, 11) is 3.00. The minimum Gasteiger partial charge on any atom is -0.400 e. The van der Waals surface area contributed by atoms with Gasteiger partial charge in [-0.05, 0) is 0 Å². The quantitative estimate of drug-likeness (QED) is 0.401. The molecule has 0 bridgehead atoms. The van der Waals surface area contributed by atoms with Crippen LogP contribution in [0.1, 0.15) is 45.4 Å². The minimum atomic E-state index is 0. The minimum absolute atomic E-state index is 0. The van der Waals surface area contributed by atoms with Crippen LogP contribution in [-0.2, 0) is 21.7 Å². The summed E-state index contributed by atoms with van der Waals surface area (Å²) in [6, 6.07) is 0. The van der Waals surface area contributed by atoms with Crippen LogP contribution in [0.5, 0.6) is 0 Å². The van der Waals surface area contributed by atoms with Crippen molar-refractivity contribution in [2.24, 2.45) is 0 Å². The van der Waals surface area contributed by atoms with Crippen LogP contribution < -0.4 is 0 Å². The van der Waals surface area contributed by atoms with Gasteiger partial charge in [0.05, 0.1) is 0 Å². The van der Waals surface area contributed by atoms with Crippen LogP contribution in [0.25, 0.3) is 0 Å². The topological polar surface area (TPSA) is 60.7 Å². The van der Waals surface area contributed by atoms with Crippen molar-refractivity contribution in [1.29, 1.82) is 0 Å². The summed E-state index contributed by atoms with van der Waals surface area (Å²) in [5.41, 5.74) is 0. The fraction of sp³-hybridized carbons (Fsp3) is 0.909. The van der Waals surface area contributed by atoms with Gasteiger partial charge in [-0.2, -0.15) is 6.42 Å². The molecule has 3 nitrogen and oxygen atoms in total. The molecule has 0 aliphatic rings. The Morgan fingerprint density at radius 3 is 1.33 bits per heavy atom. The van der Waals surface area contributed by atoms with E-state index in [0.29, 0.717) is 0 Å². The molecule has 0 saturated carbocycles. The molecule has 0 unspecified atom stereocenters. The van der Waals surface area contributed by atoms with Gasteiger partial charge >= 0.3 is 0 Å². The third-order valence-corrected chi connectivity index (χ3v) is 1.35. The first-order valence-corrected chi connectivity index (χ1v) is 5.05. The van der Waals surface area contributed by atoms with E-state index in [9.17, 15) is 0 Å². The summed E-state index contributed by atoms with van der Waals surface area (Å²) in [6.45, 7) is 6.02. The monoisotopic (exact) mass is 257 g/mol. The Labute approximate surface area is 111 Å². The number of hydrogen-bond donors (Lipinski definition) is 3. The van der Waals surface area contributed by atoms with Crippen molar-refractivity contribution in [2.75, 3.05) is 21.3 Å². The normalized spacial score (nSPS) is 6.40. The van der Waals surface area contributed by atoms with Crippen molar-refractivity contribution >= 4 is 0 Å². The van der Waals surface area contributed by atoms with Crippen LogP contribution in [0, 0.1) is 6.92 Å². The third kappa shape index (κ3) is 74.0. The molecule has 0 amide bonds. The maximum absolute atomic E-state index is 7.00. The number of rotatable bonds is 5. The van der Waals surface area contributed by atoms with E-state index >= 15 is 0 Å². The molecule has 0 atom stereocenters. The van der Waals surface area contributed by atoms with Crippen molar-refractivity contribution in [1.82, 2.24) is 0 Å². The maximum Gasteiger partial charge on any atom is 0.0319 e. The predicted molar refractivity (Wildman–Crippen MR) is 63.2 cm³/mol. The molecule has 4 heteroatoms. The van der Waals surface area contributed by atoms with E-state index in [2.05, 4.69) is 13.8 Å². The van der Waals surface area contributed by atoms with Crippen molar-refractivity contribution in [3.63, 3.8) is 0 Å². The molecule has 0 fully saturated rings. The van der Waals surface area contributed by atoms with E-state index in [1.54, 1.807) is 0 Å². The first kappa shape index (κ1) is 29.6. The summed E-state index contributed by atoms with van der Waals surface area (Å²) >= 11 is 0. The Morgan fingerprint density at radius 2 is 1.07 bits per heavy atom. The first-order valence-electron chi connectivity index (χ1n) is 5.05. The van der Waals surface area contributed by atoms with Crippen LogP contribution in [0.3, 0.4) is 0 Å². The third-order valence-electron chi connectivity index (χ3n) is 1.35. The summed E-state index contributed by atoms with van der Waals surface area (Å²) in [4.78, 5) is 0. The summed E-state index contributed by atoms with van der Waals surface area (Å²) in [5.74, 6) is 0. The fourth-order valence-electron chi connectivity index (χ4n) is 0.780. The smallest absolute Gasteiger partial charge is 0.0319 e. The zero-order valence-electron chi connectivity index (χ0n) is 10.8. The molecule has 0 radical (unpaired) electrons. The molecule has 0 aromatic carbocycles. The average molecular weight is 257 g/mol. The second-order valence-corrected chi connectivity index (χ2v) is 2.27. The molecule has 3 N–H and O–H groups in total. The molecule has 0 heterocycles. The van der Waals surface area contributed by atoms with Gasteiger partial charge in [-0.3, -0.25) is 0 Å². The van der Waals surface area contributed by atoms with Crippen LogP contribution in [0.2, 0.25) is 0 Å². The first-order chi connectivity index (χ1) is 6.91. The summed E-state index contributed by atoms with van der Waals surface area (Å²) < 4.78 is 0. The molecule has 0 aliphatic carbocycles. The van der Waals surface area contributed by atoms with Gasteiger partial charge in [0.2, 0.25) is 0 Å². The van der Waals surface area contributed by atoms with Gasteiger partial charge in [0, 0.05) is 43.0 Å². The zero-order valence-corrected chi connectivity index (χ0v) is 12.4. The largest absolute Gasteiger partial charge is 0.400 e. The average Bonchev–Trinajstić information content (AvgIpc) is 2.33. The molecule has 0 aromatic rings. The molecule has 0 rings (SSSR count). The van der Waals surface area contributed by atoms with Crippen molar-refractivity contribution < 1.29 is 37.0 Å². The van der Waals surface area contributed by atoms with Gasteiger partial charge in [0.25, 0.3) is 0 Å². The van der Waals surface area contributed by atoms with E-state index in [1.165, 1.54) is 32.1 Å². The number of unbranched alkanes of at least 4 members (excludes halogenated alkanes) is 5. The molecule has 0 aliphatic heterocycles. The fourth-order valence-corrected chi connectivity index (χ4v) is 0.780. The van der Waals surface area contributed by atoms with Gasteiger partial charge in [0.15, 0.2) is 0 Å². The molecule has 15 heavy (non-hydrogen) atoms. The Balaban J connectivity index is -0.0000000410. The van der Waals surface area contributed by atoms with Gasteiger partial charge in [-0.15, -0.1) is 0 Å². The number of hydrogen-bond acceptors (Lipinski definition) is 3. The second-order valence-electron chi connectivity index (χ2n) is 2.27. The van der Waals surface area contributed by atoms with Gasteiger partial charge in [-0.1, -0.05) is 39.0 Å². The molecular weight excluding hydrogens is 228 g/mol. The number of aliphatic hydroxyl groups is 3. The second kappa shape index (κ2) is 62.0. The van der Waals surface area contributed by atoms with Gasteiger partial charge < -0.3 is 22.2 Å². The summed E-state index contributed by atoms with van der Waals surface area (Å²) in [6.07, 6.45) is 7.98. The Hall–Kier alpha value is 0.594. The van der Waals surface area contributed by atoms with Gasteiger partial charge in [-0.25, -0.2) is 0 Å². The van der Waals surface area contributed by atoms with Crippen LogP contribution >= 0.6 is 0 Å².